The number of likely N-dealkylation sites (tertiary alicyclic amines) is 1. The van der Waals surface area contributed by atoms with Crippen molar-refractivity contribution >= 4 is 5.91 Å². The lowest BCUT2D eigenvalue weighted by molar-refractivity contribution is -0.129. The van der Waals surface area contributed by atoms with Crippen molar-refractivity contribution in [1.29, 1.82) is 0 Å². The first-order valence-corrected chi connectivity index (χ1v) is 7.65. The molecule has 1 amide bonds. The minimum Gasteiger partial charge on any atom is -0.340 e. The van der Waals surface area contributed by atoms with Gasteiger partial charge in [-0.3, -0.25) is 4.79 Å². The van der Waals surface area contributed by atoms with Crippen LogP contribution in [0.2, 0.25) is 0 Å². The Morgan fingerprint density at radius 1 is 1.29 bits per heavy atom. The fraction of sp³-hybridized carbons (Fsp3) is 0.500. The second-order valence-electron chi connectivity index (χ2n) is 6.12. The van der Waals surface area contributed by atoms with E-state index in [1.54, 1.807) is 0 Å². The molecule has 1 heterocycles. The first kappa shape index (κ1) is 15.8. The van der Waals surface area contributed by atoms with Crippen LogP contribution in [0.5, 0.6) is 0 Å². The van der Waals surface area contributed by atoms with Gasteiger partial charge in [-0.1, -0.05) is 42.0 Å². The zero-order valence-electron chi connectivity index (χ0n) is 13.5. The van der Waals surface area contributed by atoms with Gasteiger partial charge in [0.2, 0.25) is 5.91 Å². The fourth-order valence-electron chi connectivity index (χ4n) is 3.00. The number of aryl methyl sites for hydroxylation is 1. The highest BCUT2D eigenvalue weighted by Gasteiger charge is 2.36. The molecule has 2 rings (SSSR count). The minimum atomic E-state index is 0.231. The molecule has 3 nitrogen and oxygen atoms in total. The van der Waals surface area contributed by atoms with Crippen molar-refractivity contribution in [3.8, 4) is 0 Å². The summed E-state index contributed by atoms with van der Waals surface area (Å²) in [5, 5.41) is 0. The Hall–Kier alpha value is -1.61. The van der Waals surface area contributed by atoms with Gasteiger partial charge in [0.15, 0.2) is 0 Å². The van der Waals surface area contributed by atoms with Gasteiger partial charge in [0, 0.05) is 31.5 Å². The molecule has 21 heavy (non-hydrogen) atoms. The van der Waals surface area contributed by atoms with Gasteiger partial charge in [-0.25, -0.2) is 0 Å². The number of hydrogen-bond acceptors (Lipinski definition) is 2. The molecule has 0 spiro atoms. The number of benzene rings is 1. The van der Waals surface area contributed by atoms with E-state index in [0.29, 0.717) is 18.4 Å². The van der Waals surface area contributed by atoms with E-state index in [9.17, 15) is 4.79 Å². The third kappa shape index (κ3) is 3.73. The molecule has 0 aromatic heterocycles. The third-order valence-electron chi connectivity index (χ3n) is 4.34. The molecule has 0 saturated carbocycles. The molecule has 0 aliphatic carbocycles. The quantitative estimate of drug-likeness (QED) is 0.795. The Morgan fingerprint density at radius 3 is 2.52 bits per heavy atom. The number of carbonyl (C=O) groups is 1. The van der Waals surface area contributed by atoms with Crippen molar-refractivity contribution in [1.82, 2.24) is 9.80 Å². The average molecular weight is 286 g/mol. The summed E-state index contributed by atoms with van der Waals surface area (Å²) in [6.07, 6.45) is 4.39. The van der Waals surface area contributed by atoms with Gasteiger partial charge in [-0.2, -0.15) is 0 Å². The van der Waals surface area contributed by atoms with E-state index in [2.05, 4.69) is 50.2 Å². The predicted molar refractivity (Wildman–Crippen MR) is 87.4 cm³/mol. The van der Waals surface area contributed by atoms with Crippen LogP contribution < -0.4 is 0 Å². The molecule has 0 radical (unpaired) electrons. The number of rotatable bonds is 4. The lowest BCUT2D eigenvalue weighted by Gasteiger charge is -2.25. The molecule has 1 aliphatic heterocycles. The van der Waals surface area contributed by atoms with Crippen molar-refractivity contribution in [2.45, 2.75) is 32.2 Å². The normalized spacial score (nSPS) is 22.4. The monoisotopic (exact) mass is 286 g/mol. The standard InChI is InChI=1S/C18H26N2O/c1-5-6-7-18(21)20-12-16(17(13-20)19(3)4)15-10-8-14(2)9-11-15/h5-6,8-11,16-17H,7,12-13H2,1-4H3/t16-,17+/m0/s1. The van der Waals surface area contributed by atoms with Crippen LogP contribution in [0.15, 0.2) is 36.4 Å². The summed E-state index contributed by atoms with van der Waals surface area (Å²) in [6, 6.07) is 9.12. The highest BCUT2D eigenvalue weighted by Crippen LogP contribution is 2.30. The number of likely N-dealkylation sites (N-methyl/N-ethyl adjacent to an activating group) is 1. The van der Waals surface area contributed by atoms with Crippen LogP contribution in [0.3, 0.4) is 0 Å². The second-order valence-corrected chi connectivity index (χ2v) is 6.12. The van der Waals surface area contributed by atoms with Gasteiger partial charge < -0.3 is 9.80 Å². The second kappa shape index (κ2) is 6.90. The van der Waals surface area contributed by atoms with E-state index in [4.69, 9.17) is 0 Å². The molecule has 3 heteroatoms. The molecule has 114 valence electrons. The van der Waals surface area contributed by atoms with Crippen LogP contribution in [0.4, 0.5) is 0 Å². The molecule has 1 fully saturated rings. The van der Waals surface area contributed by atoms with Crippen LogP contribution in [0, 0.1) is 6.92 Å². The summed E-state index contributed by atoms with van der Waals surface area (Å²) in [7, 11) is 4.21. The Labute approximate surface area is 128 Å². The first-order chi connectivity index (χ1) is 10.0. The van der Waals surface area contributed by atoms with E-state index >= 15 is 0 Å². The molecular weight excluding hydrogens is 260 g/mol. The van der Waals surface area contributed by atoms with Crippen molar-refractivity contribution in [2.24, 2.45) is 0 Å². The van der Waals surface area contributed by atoms with E-state index in [-0.39, 0.29) is 5.91 Å². The van der Waals surface area contributed by atoms with Crippen molar-refractivity contribution in [3.05, 3.63) is 47.5 Å². The Kier molecular flexibility index (Phi) is 5.18. The van der Waals surface area contributed by atoms with E-state index in [1.807, 2.05) is 24.0 Å². The van der Waals surface area contributed by atoms with Crippen LogP contribution in [0.25, 0.3) is 0 Å². The average Bonchev–Trinajstić information content (AvgIpc) is 2.91. The van der Waals surface area contributed by atoms with Gasteiger partial charge in [-0.15, -0.1) is 0 Å². The van der Waals surface area contributed by atoms with Gasteiger partial charge in [0.1, 0.15) is 0 Å². The van der Waals surface area contributed by atoms with Crippen LogP contribution in [0.1, 0.15) is 30.4 Å². The number of hydrogen-bond donors (Lipinski definition) is 0. The van der Waals surface area contributed by atoms with E-state index < -0.39 is 0 Å². The largest absolute Gasteiger partial charge is 0.340 e. The number of carbonyl (C=O) groups excluding carboxylic acids is 1. The third-order valence-corrected chi connectivity index (χ3v) is 4.34. The van der Waals surface area contributed by atoms with Crippen molar-refractivity contribution < 1.29 is 4.79 Å². The molecule has 2 atom stereocenters. The maximum absolute atomic E-state index is 12.3. The number of nitrogens with zero attached hydrogens (tertiary/aromatic N) is 2. The zero-order valence-corrected chi connectivity index (χ0v) is 13.5. The van der Waals surface area contributed by atoms with Crippen LogP contribution in [-0.2, 0) is 4.79 Å². The molecule has 1 aromatic carbocycles. The molecule has 1 aliphatic rings. The SMILES string of the molecule is CC=CCC(=O)N1C[C@@H](N(C)C)[C@H](c2ccc(C)cc2)C1. The summed E-state index contributed by atoms with van der Waals surface area (Å²) in [5.41, 5.74) is 2.61. The Morgan fingerprint density at radius 2 is 1.95 bits per heavy atom. The van der Waals surface area contributed by atoms with E-state index in [0.717, 1.165) is 13.1 Å². The lowest BCUT2D eigenvalue weighted by atomic mass is 9.93. The van der Waals surface area contributed by atoms with Crippen LogP contribution >= 0.6 is 0 Å². The molecule has 0 bridgehead atoms. The van der Waals surface area contributed by atoms with Crippen molar-refractivity contribution in [3.63, 3.8) is 0 Å². The predicted octanol–water partition coefficient (Wildman–Crippen LogP) is 2.82. The highest BCUT2D eigenvalue weighted by atomic mass is 16.2. The number of allylic oxidation sites excluding steroid dienone is 1. The maximum Gasteiger partial charge on any atom is 0.226 e. The summed E-state index contributed by atoms with van der Waals surface area (Å²) < 4.78 is 0. The minimum absolute atomic E-state index is 0.231. The molecule has 0 unspecified atom stereocenters. The summed E-state index contributed by atoms with van der Waals surface area (Å²) in [5.74, 6) is 0.629. The maximum atomic E-state index is 12.3. The van der Waals surface area contributed by atoms with Crippen molar-refractivity contribution in [2.75, 3.05) is 27.2 Å². The molecular formula is C18H26N2O. The lowest BCUT2D eigenvalue weighted by Crippen LogP contribution is -2.35. The number of amides is 1. The summed E-state index contributed by atoms with van der Waals surface area (Å²) in [4.78, 5) is 16.5. The Balaban J connectivity index is 2.15. The van der Waals surface area contributed by atoms with E-state index in [1.165, 1.54) is 11.1 Å². The molecule has 1 saturated heterocycles. The van der Waals surface area contributed by atoms with Gasteiger partial charge in [0.25, 0.3) is 0 Å². The Bertz CT molecular complexity index is 504. The fourth-order valence-corrected chi connectivity index (χ4v) is 3.00. The topological polar surface area (TPSA) is 23.6 Å². The first-order valence-electron chi connectivity index (χ1n) is 7.65. The highest BCUT2D eigenvalue weighted by molar-refractivity contribution is 5.78. The molecule has 1 aromatic rings. The smallest absolute Gasteiger partial charge is 0.226 e. The van der Waals surface area contributed by atoms with Gasteiger partial charge in [-0.05, 0) is 33.5 Å². The summed E-state index contributed by atoms with van der Waals surface area (Å²) in [6.45, 7) is 5.70. The summed E-state index contributed by atoms with van der Waals surface area (Å²) >= 11 is 0. The van der Waals surface area contributed by atoms with Gasteiger partial charge in [0.05, 0.1) is 0 Å². The molecule has 0 N–H and O–H groups in total. The zero-order chi connectivity index (χ0) is 15.4. The van der Waals surface area contributed by atoms with Crippen LogP contribution in [-0.4, -0.2) is 48.9 Å². The van der Waals surface area contributed by atoms with Gasteiger partial charge >= 0.3 is 0 Å².